The van der Waals surface area contributed by atoms with Crippen molar-refractivity contribution in [1.29, 1.82) is 0 Å². The maximum atomic E-state index is 13.5. The lowest BCUT2D eigenvalue weighted by molar-refractivity contribution is -0.136. The first-order chi connectivity index (χ1) is 9.08. The third-order valence-electron chi connectivity index (χ3n) is 3.41. The molecule has 2 aliphatic rings. The molecule has 0 aromatic carbocycles. The van der Waals surface area contributed by atoms with Gasteiger partial charge in [-0.3, -0.25) is 19.7 Å². The van der Waals surface area contributed by atoms with Crippen LogP contribution >= 0.6 is 0 Å². The molecule has 0 radical (unpaired) electrons. The van der Waals surface area contributed by atoms with E-state index in [-0.39, 0.29) is 36.4 Å². The fraction of sp³-hybridized carbons (Fsp3) is 0.333. The summed E-state index contributed by atoms with van der Waals surface area (Å²) in [5.74, 6) is -1.95. The van der Waals surface area contributed by atoms with Gasteiger partial charge < -0.3 is 4.90 Å². The van der Waals surface area contributed by atoms with E-state index in [1.54, 1.807) is 0 Å². The number of imide groups is 1. The molecular formula is C12H10FN3O3. The zero-order chi connectivity index (χ0) is 13.6. The molecule has 1 unspecified atom stereocenters. The highest BCUT2D eigenvalue weighted by molar-refractivity contribution is 6.05. The van der Waals surface area contributed by atoms with Crippen LogP contribution in [0.25, 0.3) is 0 Å². The summed E-state index contributed by atoms with van der Waals surface area (Å²) < 4.78 is 13.5. The Balaban J connectivity index is 1.90. The van der Waals surface area contributed by atoms with Gasteiger partial charge in [0.2, 0.25) is 17.8 Å². The van der Waals surface area contributed by atoms with E-state index in [1.807, 2.05) is 0 Å². The van der Waals surface area contributed by atoms with E-state index >= 15 is 0 Å². The minimum atomic E-state index is -0.725. The molecule has 1 atom stereocenters. The molecular weight excluding hydrogens is 253 g/mol. The molecule has 1 aromatic heterocycles. The molecule has 3 heterocycles. The minimum absolute atomic E-state index is 0.0140. The zero-order valence-electron chi connectivity index (χ0n) is 9.85. The van der Waals surface area contributed by atoms with Gasteiger partial charge in [-0.1, -0.05) is 0 Å². The monoisotopic (exact) mass is 263 g/mol. The van der Waals surface area contributed by atoms with Gasteiger partial charge in [0.1, 0.15) is 6.04 Å². The van der Waals surface area contributed by atoms with Gasteiger partial charge in [-0.2, -0.15) is 4.39 Å². The topological polar surface area (TPSA) is 79.4 Å². The fourth-order valence-electron chi connectivity index (χ4n) is 2.45. The van der Waals surface area contributed by atoms with Crippen molar-refractivity contribution in [2.45, 2.75) is 25.4 Å². The second-order valence-electron chi connectivity index (χ2n) is 4.53. The van der Waals surface area contributed by atoms with Gasteiger partial charge in [-0.25, -0.2) is 4.98 Å². The summed E-state index contributed by atoms with van der Waals surface area (Å²) in [5.41, 5.74) is 0.439. The normalized spacial score (nSPS) is 22.5. The molecule has 19 heavy (non-hydrogen) atoms. The van der Waals surface area contributed by atoms with Crippen molar-refractivity contribution in [2.24, 2.45) is 0 Å². The molecule has 0 spiro atoms. The van der Waals surface area contributed by atoms with E-state index in [0.29, 0.717) is 0 Å². The summed E-state index contributed by atoms with van der Waals surface area (Å²) in [6.45, 7) is 0.0140. The van der Waals surface area contributed by atoms with E-state index in [2.05, 4.69) is 10.3 Å². The van der Waals surface area contributed by atoms with Crippen molar-refractivity contribution in [3.05, 3.63) is 29.3 Å². The molecule has 1 aromatic rings. The number of carbonyl (C=O) groups excluding carboxylic acids is 3. The summed E-state index contributed by atoms with van der Waals surface area (Å²) in [5, 5.41) is 2.19. The van der Waals surface area contributed by atoms with Crippen LogP contribution < -0.4 is 5.32 Å². The van der Waals surface area contributed by atoms with Crippen LogP contribution in [-0.2, 0) is 16.1 Å². The van der Waals surface area contributed by atoms with E-state index in [4.69, 9.17) is 0 Å². The number of fused-ring (bicyclic) bond motifs is 1. The summed E-state index contributed by atoms with van der Waals surface area (Å²) in [4.78, 5) is 39.7. The number of nitrogens with zero attached hydrogens (tertiary/aromatic N) is 2. The third-order valence-corrected chi connectivity index (χ3v) is 3.41. The number of hydrogen-bond donors (Lipinski definition) is 1. The number of piperidine rings is 1. The maximum absolute atomic E-state index is 13.5. The van der Waals surface area contributed by atoms with E-state index in [0.717, 1.165) is 0 Å². The van der Waals surface area contributed by atoms with Gasteiger partial charge in [0, 0.05) is 18.2 Å². The van der Waals surface area contributed by atoms with Crippen LogP contribution in [0.3, 0.4) is 0 Å². The second-order valence-corrected chi connectivity index (χ2v) is 4.53. The number of halogens is 1. The number of hydrogen-bond acceptors (Lipinski definition) is 4. The maximum Gasteiger partial charge on any atom is 0.255 e. The lowest BCUT2D eigenvalue weighted by Crippen LogP contribution is -2.52. The Morgan fingerprint density at radius 3 is 2.84 bits per heavy atom. The average molecular weight is 263 g/mol. The Kier molecular flexibility index (Phi) is 2.55. The molecule has 1 saturated heterocycles. The van der Waals surface area contributed by atoms with Crippen molar-refractivity contribution in [3.8, 4) is 0 Å². The number of rotatable bonds is 1. The molecule has 7 heteroatoms. The molecule has 6 nitrogen and oxygen atoms in total. The Labute approximate surface area is 107 Å². The summed E-state index contributed by atoms with van der Waals surface area (Å²) in [7, 11) is 0. The lowest BCUT2D eigenvalue weighted by atomic mass is 10.0. The molecule has 0 saturated carbocycles. The molecule has 0 aliphatic carbocycles. The number of carbonyl (C=O) groups is 3. The predicted molar refractivity (Wildman–Crippen MR) is 60.2 cm³/mol. The molecule has 2 aliphatic heterocycles. The highest BCUT2D eigenvalue weighted by atomic mass is 19.1. The molecule has 3 rings (SSSR count). The summed E-state index contributed by atoms with van der Waals surface area (Å²) in [6, 6.07) is 0.712. The van der Waals surface area contributed by atoms with Crippen LogP contribution in [0.1, 0.15) is 28.8 Å². The SMILES string of the molecule is O=C1CCC(N2Cc3c(ccnc3F)C2=O)C(=O)N1. The van der Waals surface area contributed by atoms with Crippen LogP contribution in [-0.4, -0.2) is 33.6 Å². The van der Waals surface area contributed by atoms with E-state index in [9.17, 15) is 18.8 Å². The first-order valence-corrected chi connectivity index (χ1v) is 5.86. The number of aromatic nitrogens is 1. The van der Waals surface area contributed by atoms with Gasteiger partial charge in [0.15, 0.2) is 0 Å². The average Bonchev–Trinajstić information content (AvgIpc) is 2.69. The van der Waals surface area contributed by atoms with Crippen molar-refractivity contribution in [1.82, 2.24) is 15.2 Å². The standard InChI is InChI=1S/C12H10FN3O3/c13-10-7-5-16(12(19)6(7)3-4-14-10)8-1-2-9(17)15-11(8)18/h3-4,8H,1-2,5H2,(H,15,17,18). The first kappa shape index (κ1) is 11.8. The molecule has 0 bridgehead atoms. The molecule has 1 N–H and O–H groups in total. The smallest absolute Gasteiger partial charge is 0.255 e. The van der Waals surface area contributed by atoms with Crippen LogP contribution in [0.2, 0.25) is 0 Å². The van der Waals surface area contributed by atoms with Gasteiger partial charge in [-0.05, 0) is 12.5 Å². The lowest BCUT2D eigenvalue weighted by Gasteiger charge is -2.29. The number of nitrogens with one attached hydrogen (secondary N) is 1. The summed E-state index contributed by atoms with van der Waals surface area (Å²) >= 11 is 0. The van der Waals surface area contributed by atoms with E-state index < -0.39 is 23.8 Å². The van der Waals surface area contributed by atoms with Crippen LogP contribution in [0.15, 0.2) is 12.3 Å². The van der Waals surface area contributed by atoms with Crippen LogP contribution in [0, 0.1) is 5.95 Å². The third kappa shape index (κ3) is 1.78. The highest BCUT2D eigenvalue weighted by Gasteiger charge is 2.40. The minimum Gasteiger partial charge on any atom is -0.322 e. The van der Waals surface area contributed by atoms with Crippen molar-refractivity contribution < 1.29 is 18.8 Å². The molecule has 3 amide bonds. The van der Waals surface area contributed by atoms with Crippen molar-refractivity contribution in [3.63, 3.8) is 0 Å². The first-order valence-electron chi connectivity index (χ1n) is 5.86. The molecule has 98 valence electrons. The van der Waals surface area contributed by atoms with Gasteiger partial charge in [-0.15, -0.1) is 0 Å². The Bertz CT molecular complexity index is 602. The van der Waals surface area contributed by atoms with Crippen LogP contribution in [0.4, 0.5) is 4.39 Å². The molecule has 1 fully saturated rings. The van der Waals surface area contributed by atoms with Crippen LogP contribution in [0.5, 0.6) is 0 Å². The second kappa shape index (κ2) is 4.11. The Morgan fingerprint density at radius 1 is 1.37 bits per heavy atom. The van der Waals surface area contributed by atoms with Crippen molar-refractivity contribution >= 4 is 17.7 Å². The quantitative estimate of drug-likeness (QED) is 0.570. The van der Waals surface area contributed by atoms with Gasteiger partial charge in [0.05, 0.1) is 12.1 Å². The Morgan fingerprint density at radius 2 is 2.16 bits per heavy atom. The number of amides is 3. The predicted octanol–water partition coefficient (Wildman–Crippen LogP) is -0.0183. The van der Waals surface area contributed by atoms with E-state index in [1.165, 1.54) is 17.2 Å². The number of pyridine rings is 1. The fourth-order valence-corrected chi connectivity index (χ4v) is 2.45. The van der Waals surface area contributed by atoms with Gasteiger partial charge >= 0.3 is 0 Å². The largest absolute Gasteiger partial charge is 0.322 e. The van der Waals surface area contributed by atoms with Crippen molar-refractivity contribution in [2.75, 3.05) is 0 Å². The highest BCUT2D eigenvalue weighted by Crippen LogP contribution is 2.27. The van der Waals surface area contributed by atoms with Gasteiger partial charge in [0.25, 0.3) is 5.91 Å². The zero-order valence-corrected chi connectivity index (χ0v) is 9.85. The summed E-state index contributed by atoms with van der Waals surface area (Å²) in [6.07, 6.45) is 1.66. The Hall–Kier alpha value is -2.31.